The van der Waals surface area contributed by atoms with E-state index in [1.807, 2.05) is 48.7 Å². The second-order valence-corrected chi connectivity index (χ2v) is 7.57. The van der Waals surface area contributed by atoms with Crippen LogP contribution in [0.25, 0.3) is 0 Å². The summed E-state index contributed by atoms with van der Waals surface area (Å²) in [7, 11) is 0. The van der Waals surface area contributed by atoms with Crippen molar-refractivity contribution in [2.45, 2.75) is 38.6 Å². The second kappa shape index (κ2) is 10.1. The van der Waals surface area contributed by atoms with Gasteiger partial charge in [0.25, 0.3) is 0 Å². The summed E-state index contributed by atoms with van der Waals surface area (Å²) in [6.07, 6.45) is -0.280. The monoisotopic (exact) mass is 424 g/mol. The van der Waals surface area contributed by atoms with Crippen molar-refractivity contribution in [1.82, 2.24) is 14.8 Å². The third kappa shape index (κ3) is 5.48. The summed E-state index contributed by atoms with van der Waals surface area (Å²) in [6, 6.07) is 16.4. The first-order chi connectivity index (χ1) is 14.5. The molecule has 0 aliphatic rings. The smallest absolute Gasteiger partial charge is 0.234 e. The number of Topliss-reactive ketones (excluding diaryl/α,β-unsaturated/α-hetero) is 1. The number of hydrogen-bond donors (Lipinski definition) is 1. The summed E-state index contributed by atoms with van der Waals surface area (Å²) < 4.78 is 7.90. The molecule has 0 aliphatic heterocycles. The van der Waals surface area contributed by atoms with Gasteiger partial charge < -0.3 is 14.6 Å². The minimum atomic E-state index is -0.280. The fraction of sp³-hybridized carbons (Fsp3) is 0.273. The van der Waals surface area contributed by atoms with Crippen molar-refractivity contribution < 1.29 is 14.3 Å². The van der Waals surface area contributed by atoms with Crippen LogP contribution < -0.4 is 10.1 Å². The number of thioether (sulfide) groups is 1. The Labute approximate surface area is 179 Å². The number of ketones is 1. The van der Waals surface area contributed by atoms with E-state index < -0.39 is 0 Å². The highest BCUT2D eigenvalue weighted by molar-refractivity contribution is 7.99. The quantitative estimate of drug-likeness (QED) is 0.405. The predicted octanol–water partition coefficient (Wildman–Crippen LogP) is 4.37. The first-order valence-corrected chi connectivity index (χ1v) is 10.6. The lowest BCUT2D eigenvalue weighted by Crippen LogP contribution is -2.15. The van der Waals surface area contributed by atoms with Gasteiger partial charge in [0.15, 0.2) is 22.9 Å². The van der Waals surface area contributed by atoms with Gasteiger partial charge in [-0.1, -0.05) is 42.1 Å². The van der Waals surface area contributed by atoms with E-state index in [9.17, 15) is 9.59 Å². The van der Waals surface area contributed by atoms with Crippen LogP contribution in [0.3, 0.4) is 0 Å². The standard InChI is InChI=1S/C22H24N4O3S/c1-4-26-21(16(3)29-19-11-6-5-7-12-19)24-25-22(26)30-14-20(28)23-18-10-8-9-17(13-18)15(2)27/h5-13,16H,4,14H2,1-3H3,(H,23,28). The Balaban J connectivity index is 1.62. The lowest BCUT2D eigenvalue weighted by atomic mass is 10.1. The second-order valence-electron chi connectivity index (χ2n) is 6.63. The first-order valence-electron chi connectivity index (χ1n) is 9.66. The molecule has 0 saturated heterocycles. The SMILES string of the molecule is CCn1c(SCC(=O)Nc2cccc(C(C)=O)c2)nnc1C(C)Oc1ccccc1. The molecule has 0 fully saturated rings. The Bertz CT molecular complexity index is 1020. The summed E-state index contributed by atoms with van der Waals surface area (Å²) >= 11 is 1.31. The number of para-hydroxylation sites is 1. The molecule has 156 valence electrons. The van der Waals surface area contributed by atoms with Crippen LogP contribution in [0.4, 0.5) is 5.69 Å². The largest absolute Gasteiger partial charge is 0.483 e. The van der Waals surface area contributed by atoms with Crippen LogP contribution in [0, 0.1) is 0 Å². The van der Waals surface area contributed by atoms with Crippen LogP contribution in [0.15, 0.2) is 59.8 Å². The number of hydrogen-bond acceptors (Lipinski definition) is 6. The molecule has 1 atom stereocenters. The van der Waals surface area contributed by atoms with E-state index in [4.69, 9.17) is 4.74 Å². The maximum atomic E-state index is 12.3. The molecule has 1 N–H and O–H groups in total. The van der Waals surface area contributed by atoms with Gasteiger partial charge in [0, 0.05) is 17.8 Å². The van der Waals surface area contributed by atoms with Gasteiger partial charge in [0.2, 0.25) is 5.91 Å². The summed E-state index contributed by atoms with van der Waals surface area (Å²) in [6.45, 7) is 6.08. The zero-order chi connectivity index (χ0) is 21.5. The van der Waals surface area contributed by atoms with Crippen molar-refractivity contribution >= 4 is 29.1 Å². The van der Waals surface area contributed by atoms with Crippen LogP contribution in [0.5, 0.6) is 5.75 Å². The molecule has 0 radical (unpaired) electrons. The topological polar surface area (TPSA) is 86.1 Å². The lowest BCUT2D eigenvalue weighted by Gasteiger charge is -2.15. The Kier molecular flexibility index (Phi) is 7.24. The molecule has 1 aromatic heterocycles. The van der Waals surface area contributed by atoms with Crippen molar-refractivity contribution in [1.29, 1.82) is 0 Å². The van der Waals surface area contributed by atoms with Gasteiger partial charge in [-0.2, -0.15) is 0 Å². The number of aromatic nitrogens is 3. The Morgan fingerprint density at radius 1 is 1.13 bits per heavy atom. The van der Waals surface area contributed by atoms with E-state index in [0.717, 1.165) is 5.75 Å². The average Bonchev–Trinajstić information content (AvgIpc) is 3.16. The van der Waals surface area contributed by atoms with Crippen molar-refractivity contribution in [3.8, 4) is 5.75 Å². The molecule has 0 bridgehead atoms. The van der Waals surface area contributed by atoms with Gasteiger partial charge in [-0.25, -0.2) is 0 Å². The lowest BCUT2D eigenvalue weighted by molar-refractivity contribution is -0.113. The third-order valence-electron chi connectivity index (χ3n) is 4.37. The fourth-order valence-corrected chi connectivity index (χ4v) is 3.71. The van der Waals surface area contributed by atoms with Crippen LogP contribution in [-0.2, 0) is 11.3 Å². The maximum absolute atomic E-state index is 12.3. The normalized spacial score (nSPS) is 11.7. The summed E-state index contributed by atoms with van der Waals surface area (Å²) in [5.74, 6) is 1.42. The van der Waals surface area contributed by atoms with Gasteiger partial charge in [-0.3, -0.25) is 9.59 Å². The van der Waals surface area contributed by atoms with Crippen molar-refractivity contribution in [3.63, 3.8) is 0 Å². The zero-order valence-corrected chi connectivity index (χ0v) is 18.0. The Morgan fingerprint density at radius 3 is 2.60 bits per heavy atom. The average molecular weight is 425 g/mol. The molecule has 1 heterocycles. The summed E-state index contributed by atoms with van der Waals surface area (Å²) in [5, 5.41) is 12.0. The van der Waals surface area contributed by atoms with E-state index in [2.05, 4.69) is 15.5 Å². The summed E-state index contributed by atoms with van der Waals surface area (Å²) in [5.41, 5.74) is 1.15. The van der Waals surface area contributed by atoms with Crippen LogP contribution in [0.1, 0.15) is 43.1 Å². The summed E-state index contributed by atoms with van der Waals surface area (Å²) in [4.78, 5) is 23.8. The van der Waals surface area contributed by atoms with Gasteiger partial charge >= 0.3 is 0 Å². The minimum absolute atomic E-state index is 0.0455. The number of benzene rings is 2. The third-order valence-corrected chi connectivity index (χ3v) is 5.33. The molecule has 7 nitrogen and oxygen atoms in total. The number of nitrogens with one attached hydrogen (secondary N) is 1. The van der Waals surface area contributed by atoms with Crippen molar-refractivity contribution in [2.24, 2.45) is 0 Å². The van der Waals surface area contributed by atoms with E-state index >= 15 is 0 Å². The number of ether oxygens (including phenoxy) is 1. The van der Waals surface area contributed by atoms with Gasteiger partial charge in [-0.15, -0.1) is 10.2 Å². The highest BCUT2D eigenvalue weighted by Gasteiger charge is 2.19. The van der Waals surface area contributed by atoms with Crippen molar-refractivity contribution in [3.05, 3.63) is 66.0 Å². The number of anilines is 1. The molecular weight excluding hydrogens is 400 g/mol. The predicted molar refractivity (Wildman–Crippen MR) is 117 cm³/mol. The molecule has 2 aromatic carbocycles. The minimum Gasteiger partial charge on any atom is -0.483 e. The van der Waals surface area contributed by atoms with Crippen molar-refractivity contribution in [2.75, 3.05) is 11.1 Å². The number of carbonyl (C=O) groups excluding carboxylic acids is 2. The molecule has 1 unspecified atom stereocenters. The van der Waals surface area contributed by atoms with Gasteiger partial charge in [-0.05, 0) is 45.0 Å². The molecule has 0 spiro atoms. The Morgan fingerprint density at radius 2 is 1.90 bits per heavy atom. The molecule has 1 amide bonds. The van der Waals surface area contributed by atoms with E-state index in [-0.39, 0.29) is 23.5 Å². The van der Waals surface area contributed by atoms with E-state index in [1.54, 1.807) is 24.3 Å². The van der Waals surface area contributed by atoms with Gasteiger partial charge in [0.05, 0.1) is 5.75 Å². The molecule has 3 rings (SSSR count). The molecule has 0 saturated carbocycles. The number of rotatable bonds is 9. The van der Waals surface area contributed by atoms with Gasteiger partial charge in [0.1, 0.15) is 5.75 Å². The fourth-order valence-electron chi connectivity index (χ4n) is 2.90. The highest BCUT2D eigenvalue weighted by Crippen LogP contribution is 2.24. The highest BCUT2D eigenvalue weighted by atomic mass is 32.2. The molecule has 3 aromatic rings. The Hall–Kier alpha value is -3.13. The number of carbonyl (C=O) groups is 2. The molecule has 0 aliphatic carbocycles. The first kappa shape index (κ1) is 21.6. The molecule has 30 heavy (non-hydrogen) atoms. The number of amides is 1. The van der Waals surface area contributed by atoms with Crippen LogP contribution in [-0.4, -0.2) is 32.2 Å². The van der Waals surface area contributed by atoms with E-state index in [0.29, 0.717) is 28.8 Å². The maximum Gasteiger partial charge on any atom is 0.234 e. The molecule has 8 heteroatoms. The van der Waals surface area contributed by atoms with Crippen LogP contribution in [0.2, 0.25) is 0 Å². The number of nitrogens with zero attached hydrogens (tertiary/aromatic N) is 3. The van der Waals surface area contributed by atoms with Crippen LogP contribution >= 0.6 is 11.8 Å². The van der Waals surface area contributed by atoms with E-state index in [1.165, 1.54) is 18.7 Å². The zero-order valence-electron chi connectivity index (χ0n) is 17.2. The molecular formula is C22H24N4O3S.